The van der Waals surface area contributed by atoms with Crippen LogP contribution >= 0.6 is 0 Å². The van der Waals surface area contributed by atoms with Crippen LogP contribution in [0.1, 0.15) is 32.1 Å². The van der Waals surface area contributed by atoms with E-state index in [1.54, 1.807) is 55.6 Å². The van der Waals surface area contributed by atoms with Gasteiger partial charge >= 0.3 is 0 Å². The van der Waals surface area contributed by atoms with E-state index in [1.165, 1.54) is 6.42 Å². The first-order valence-corrected chi connectivity index (χ1v) is 10.3. The van der Waals surface area contributed by atoms with Gasteiger partial charge in [0.05, 0.1) is 12.5 Å². The number of hydrogen-bond donors (Lipinski definition) is 1. The molecule has 1 saturated carbocycles. The molecule has 1 fully saturated rings. The first-order chi connectivity index (χ1) is 14.7. The van der Waals surface area contributed by atoms with Gasteiger partial charge in [0.1, 0.15) is 11.3 Å². The number of benzene rings is 2. The molecule has 1 N–H and O–H groups in total. The lowest BCUT2D eigenvalue weighted by Crippen LogP contribution is -2.39. The molecule has 1 aliphatic carbocycles. The molecule has 6 nitrogen and oxygen atoms in total. The van der Waals surface area contributed by atoms with E-state index in [-0.39, 0.29) is 29.7 Å². The summed E-state index contributed by atoms with van der Waals surface area (Å²) < 4.78 is 17.0. The summed E-state index contributed by atoms with van der Waals surface area (Å²) in [6.45, 7) is -0.233. The molecule has 1 amide bonds. The fourth-order valence-electron chi connectivity index (χ4n) is 3.84. The van der Waals surface area contributed by atoms with Crippen molar-refractivity contribution in [2.24, 2.45) is 0 Å². The van der Waals surface area contributed by atoms with Crippen molar-refractivity contribution in [2.45, 2.75) is 38.1 Å². The zero-order valence-corrected chi connectivity index (χ0v) is 17.0. The van der Waals surface area contributed by atoms with Gasteiger partial charge in [-0.2, -0.15) is 0 Å². The first kappa shape index (κ1) is 20.0. The number of hydrogen-bond acceptors (Lipinski definition) is 5. The summed E-state index contributed by atoms with van der Waals surface area (Å²) in [5, 5.41) is 3.42. The van der Waals surface area contributed by atoms with Crippen LogP contribution in [0, 0.1) is 0 Å². The zero-order valence-electron chi connectivity index (χ0n) is 17.0. The van der Waals surface area contributed by atoms with Crippen molar-refractivity contribution in [1.82, 2.24) is 5.32 Å². The normalized spacial score (nSPS) is 14.4. The predicted octanol–water partition coefficient (Wildman–Crippen LogP) is 4.30. The van der Waals surface area contributed by atoms with E-state index in [2.05, 4.69) is 5.32 Å². The van der Waals surface area contributed by atoms with Crippen molar-refractivity contribution < 1.29 is 18.7 Å². The summed E-state index contributed by atoms with van der Waals surface area (Å²) >= 11 is 0. The molecule has 2 aromatic carbocycles. The van der Waals surface area contributed by atoms with Gasteiger partial charge in [-0.25, -0.2) is 0 Å². The molecule has 1 aromatic heterocycles. The average molecular weight is 407 g/mol. The second kappa shape index (κ2) is 9.03. The fraction of sp³-hybridized carbons (Fsp3) is 0.333. The second-order valence-electron chi connectivity index (χ2n) is 7.51. The lowest BCUT2D eigenvalue weighted by molar-refractivity contribution is -0.124. The minimum absolute atomic E-state index is 0.0395. The van der Waals surface area contributed by atoms with Gasteiger partial charge < -0.3 is 19.2 Å². The Morgan fingerprint density at radius 2 is 1.80 bits per heavy atom. The topological polar surface area (TPSA) is 77.8 Å². The highest BCUT2D eigenvalue weighted by atomic mass is 16.5. The number of carbonyl (C=O) groups is 1. The summed E-state index contributed by atoms with van der Waals surface area (Å²) in [6.07, 6.45) is 5.44. The maximum absolute atomic E-state index is 13.1. The van der Waals surface area contributed by atoms with Crippen molar-refractivity contribution in [2.75, 3.05) is 13.7 Å². The van der Waals surface area contributed by atoms with Crippen LogP contribution in [0.25, 0.3) is 22.3 Å². The lowest BCUT2D eigenvalue weighted by Gasteiger charge is -2.22. The monoisotopic (exact) mass is 407 g/mol. The maximum atomic E-state index is 13.1. The van der Waals surface area contributed by atoms with E-state index >= 15 is 0 Å². The van der Waals surface area contributed by atoms with Crippen LogP contribution in [0.5, 0.6) is 11.5 Å². The van der Waals surface area contributed by atoms with Crippen LogP contribution in [0.4, 0.5) is 0 Å². The summed E-state index contributed by atoms with van der Waals surface area (Å²) in [5.41, 5.74) is 0.835. The van der Waals surface area contributed by atoms with Gasteiger partial charge in [0, 0.05) is 11.6 Å². The summed E-state index contributed by atoms with van der Waals surface area (Å²) in [5.74, 6) is 0.802. The minimum Gasteiger partial charge on any atom is -0.497 e. The minimum atomic E-state index is -0.298. The largest absolute Gasteiger partial charge is 0.497 e. The second-order valence-corrected chi connectivity index (χ2v) is 7.51. The molecule has 0 radical (unpaired) electrons. The Morgan fingerprint density at radius 3 is 2.53 bits per heavy atom. The predicted molar refractivity (Wildman–Crippen MR) is 115 cm³/mol. The number of rotatable bonds is 6. The van der Waals surface area contributed by atoms with E-state index in [0.29, 0.717) is 28.0 Å². The number of amides is 1. The first-order valence-electron chi connectivity index (χ1n) is 10.3. The smallest absolute Gasteiger partial charge is 0.258 e. The Balaban J connectivity index is 1.63. The van der Waals surface area contributed by atoms with Gasteiger partial charge in [-0.15, -0.1) is 0 Å². The highest BCUT2D eigenvalue weighted by molar-refractivity contribution is 5.83. The number of para-hydroxylation sites is 1. The Hall–Kier alpha value is -3.28. The molecule has 0 unspecified atom stereocenters. The number of nitrogens with one attached hydrogen (secondary N) is 1. The molecule has 0 saturated heterocycles. The lowest BCUT2D eigenvalue weighted by atomic mass is 9.95. The highest BCUT2D eigenvalue weighted by Gasteiger charge is 2.20. The molecule has 3 aromatic rings. The number of methoxy groups -OCH3 is 1. The number of fused-ring (bicyclic) bond motifs is 1. The zero-order chi connectivity index (χ0) is 20.9. The van der Waals surface area contributed by atoms with Crippen LogP contribution in [-0.2, 0) is 4.79 Å². The Morgan fingerprint density at radius 1 is 1.07 bits per heavy atom. The fourth-order valence-corrected chi connectivity index (χ4v) is 3.84. The Bertz CT molecular complexity index is 1080. The third-order valence-corrected chi connectivity index (χ3v) is 5.43. The molecule has 0 aliphatic heterocycles. The van der Waals surface area contributed by atoms with E-state index in [4.69, 9.17) is 13.9 Å². The van der Waals surface area contributed by atoms with E-state index in [9.17, 15) is 9.59 Å². The molecule has 0 spiro atoms. The van der Waals surface area contributed by atoms with Gasteiger partial charge in [-0.05, 0) is 49.2 Å². The van der Waals surface area contributed by atoms with Crippen molar-refractivity contribution in [3.05, 3.63) is 58.8 Å². The molecular weight excluding hydrogens is 382 g/mol. The van der Waals surface area contributed by atoms with Crippen molar-refractivity contribution in [3.63, 3.8) is 0 Å². The Kier molecular flexibility index (Phi) is 6.02. The van der Waals surface area contributed by atoms with E-state index in [1.807, 2.05) is 0 Å². The van der Waals surface area contributed by atoms with Crippen molar-refractivity contribution in [1.29, 1.82) is 0 Å². The van der Waals surface area contributed by atoms with Crippen LogP contribution in [0.3, 0.4) is 0 Å². The van der Waals surface area contributed by atoms with E-state index in [0.717, 1.165) is 25.7 Å². The van der Waals surface area contributed by atoms with E-state index < -0.39 is 0 Å². The third kappa shape index (κ3) is 4.32. The van der Waals surface area contributed by atoms with Gasteiger partial charge in [0.15, 0.2) is 12.4 Å². The molecule has 1 aliphatic rings. The molecule has 0 atom stereocenters. The number of carbonyl (C=O) groups excluding carboxylic acids is 1. The van der Waals surface area contributed by atoms with Crippen LogP contribution in [0.2, 0.25) is 0 Å². The van der Waals surface area contributed by atoms with Crippen LogP contribution in [-0.4, -0.2) is 25.7 Å². The van der Waals surface area contributed by atoms with Crippen LogP contribution in [0.15, 0.2) is 57.7 Å². The summed E-state index contributed by atoms with van der Waals surface area (Å²) in [7, 11) is 1.59. The molecule has 4 rings (SSSR count). The van der Waals surface area contributed by atoms with Gasteiger partial charge in [-0.1, -0.05) is 31.4 Å². The maximum Gasteiger partial charge on any atom is 0.258 e. The quantitative estimate of drug-likeness (QED) is 0.659. The summed E-state index contributed by atoms with van der Waals surface area (Å²) in [4.78, 5) is 25.5. The molecule has 30 heavy (non-hydrogen) atoms. The standard InChI is InChI=1S/C24H25NO5/c1-28-18-13-11-16(12-14-18)23-24(22(27)19-9-5-6-10-20(19)30-23)29-15-21(26)25-17-7-3-2-4-8-17/h5-6,9-14,17H,2-4,7-8,15H2,1H3,(H,25,26). The molecule has 156 valence electrons. The molecule has 6 heteroatoms. The molecule has 0 bridgehead atoms. The van der Waals surface area contributed by atoms with Gasteiger partial charge in [0.25, 0.3) is 5.91 Å². The van der Waals surface area contributed by atoms with Gasteiger partial charge in [0.2, 0.25) is 11.2 Å². The Labute approximate surface area is 174 Å². The highest BCUT2D eigenvalue weighted by Crippen LogP contribution is 2.32. The molecule has 1 heterocycles. The third-order valence-electron chi connectivity index (χ3n) is 5.43. The van der Waals surface area contributed by atoms with Gasteiger partial charge in [-0.3, -0.25) is 9.59 Å². The molecular formula is C24H25NO5. The summed E-state index contributed by atoms with van der Waals surface area (Å²) in [6, 6.07) is 14.3. The van der Waals surface area contributed by atoms with Crippen molar-refractivity contribution in [3.8, 4) is 22.8 Å². The SMILES string of the molecule is COc1ccc(-c2oc3ccccc3c(=O)c2OCC(=O)NC2CCCCC2)cc1. The number of ether oxygens (including phenoxy) is 2. The van der Waals surface area contributed by atoms with Crippen LogP contribution < -0.4 is 20.2 Å². The average Bonchev–Trinajstić information content (AvgIpc) is 2.79. The van der Waals surface area contributed by atoms with Crippen molar-refractivity contribution >= 4 is 16.9 Å².